The van der Waals surface area contributed by atoms with Gasteiger partial charge in [-0.25, -0.2) is 9.13 Å². The van der Waals surface area contributed by atoms with Gasteiger partial charge in [0.1, 0.15) is 11.4 Å². The highest BCUT2D eigenvalue weighted by Crippen LogP contribution is 2.16. The van der Waals surface area contributed by atoms with Crippen molar-refractivity contribution in [3.63, 3.8) is 0 Å². The van der Waals surface area contributed by atoms with Crippen molar-refractivity contribution >= 4 is 15.9 Å². The minimum Gasteiger partial charge on any atom is -0.221 e. The van der Waals surface area contributed by atoms with Crippen LogP contribution in [0.4, 0.5) is 0 Å². The molecule has 0 aromatic carbocycles. The molecule has 0 saturated heterocycles. The molecule has 0 amide bonds. The van der Waals surface area contributed by atoms with Crippen molar-refractivity contribution in [2.24, 2.45) is 0 Å². The van der Waals surface area contributed by atoms with Gasteiger partial charge >= 0.3 is 4.73 Å². The highest BCUT2D eigenvalue weighted by Gasteiger charge is 2.22. The van der Waals surface area contributed by atoms with E-state index in [1.54, 1.807) is 0 Å². The summed E-state index contributed by atoms with van der Waals surface area (Å²) in [6, 6.07) is 0. The zero-order valence-corrected chi connectivity index (χ0v) is 15.4. The van der Waals surface area contributed by atoms with E-state index in [2.05, 4.69) is 52.8 Å². The molecule has 1 aromatic heterocycles. The van der Waals surface area contributed by atoms with Crippen LogP contribution in [0.5, 0.6) is 0 Å². The summed E-state index contributed by atoms with van der Waals surface area (Å²) in [6.07, 6.45) is 10.6. The molecule has 116 valence electrons. The minimum absolute atomic E-state index is 1.15. The number of hydrogen-bond acceptors (Lipinski definition) is 0. The lowest BCUT2D eigenvalue weighted by molar-refractivity contribution is -0.713. The molecule has 2 nitrogen and oxygen atoms in total. The van der Waals surface area contributed by atoms with Gasteiger partial charge in [-0.05, 0) is 25.7 Å². The Morgan fingerprint density at radius 1 is 0.900 bits per heavy atom. The van der Waals surface area contributed by atoms with Crippen LogP contribution in [0, 0.1) is 13.8 Å². The second-order valence-corrected chi connectivity index (χ2v) is 6.57. The molecule has 3 heteroatoms. The van der Waals surface area contributed by atoms with E-state index < -0.39 is 0 Å². The second-order valence-electron chi connectivity index (χ2n) is 5.86. The van der Waals surface area contributed by atoms with Gasteiger partial charge in [-0.3, -0.25) is 0 Å². The molecular formula is C17H32BrN2+. The molecule has 0 fully saturated rings. The summed E-state index contributed by atoms with van der Waals surface area (Å²) >= 11 is 3.82. The van der Waals surface area contributed by atoms with Gasteiger partial charge < -0.3 is 0 Å². The molecule has 1 aromatic rings. The Kier molecular flexibility index (Phi) is 8.51. The maximum atomic E-state index is 3.82. The molecule has 0 aliphatic carbocycles. The fraction of sp³-hybridized carbons (Fsp3) is 0.824. The Balaban J connectivity index is 2.62. The van der Waals surface area contributed by atoms with Gasteiger partial charge in [-0.2, -0.15) is 0 Å². The molecule has 0 aliphatic heterocycles. The first kappa shape index (κ1) is 17.7. The van der Waals surface area contributed by atoms with Crippen LogP contribution in [-0.2, 0) is 13.1 Å². The smallest absolute Gasteiger partial charge is 0.221 e. The average molecular weight is 344 g/mol. The molecule has 1 rings (SSSR count). The number of unbranched alkanes of at least 4 members (excludes halogenated alkanes) is 6. The maximum Gasteiger partial charge on any atom is 0.325 e. The first-order valence-electron chi connectivity index (χ1n) is 8.38. The average Bonchev–Trinajstić information content (AvgIpc) is 2.64. The lowest BCUT2D eigenvalue weighted by atomic mass is 10.2. The van der Waals surface area contributed by atoms with Crippen molar-refractivity contribution in [3.05, 3.63) is 16.1 Å². The van der Waals surface area contributed by atoms with Crippen molar-refractivity contribution < 1.29 is 4.57 Å². The molecule has 0 N–H and O–H groups in total. The molecule has 1 heterocycles. The Morgan fingerprint density at radius 3 is 2.10 bits per heavy atom. The Bertz CT molecular complexity index is 361. The Hall–Kier alpha value is -0.310. The SMILES string of the molecule is CCCCCCn1c(C)c(C)[n+](CCCCCC)c1Br. The minimum atomic E-state index is 1.15. The first-order valence-corrected chi connectivity index (χ1v) is 9.17. The van der Waals surface area contributed by atoms with E-state index in [0.29, 0.717) is 0 Å². The van der Waals surface area contributed by atoms with E-state index in [1.807, 2.05) is 0 Å². The fourth-order valence-corrected chi connectivity index (χ4v) is 3.61. The normalized spacial score (nSPS) is 11.2. The van der Waals surface area contributed by atoms with E-state index in [9.17, 15) is 0 Å². The summed E-state index contributed by atoms with van der Waals surface area (Å²) in [5, 5.41) is 0. The van der Waals surface area contributed by atoms with Crippen LogP contribution in [-0.4, -0.2) is 4.57 Å². The first-order chi connectivity index (χ1) is 9.63. The van der Waals surface area contributed by atoms with Crippen LogP contribution in [0.1, 0.15) is 76.6 Å². The quantitative estimate of drug-likeness (QED) is 0.401. The molecular weight excluding hydrogens is 312 g/mol. The highest BCUT2D eigenvalue weighted by molar-refractivity contribution is 9.10. The topological polar surface area (TPSA) is 8.81 Å². The largest absolute Gasteiger partial charge is 0.325 e. The molecule has 20 heavy (non-hydrogen) atoms. The molecule has 0 unspecified atom stereocenters. The highest BCUT2D eigenvalue weighted by atomic mass is 79.9. The number of rotatable bonds is 10. The number of nitrogens with zero attached hydrogens (tertiary/aromatic N) is 2. The van der Waals surface area contributed by atoms with E-state index in [1.165, 1.54) is 67.5 Å². The molecule has 0 spiro atoms. The Labute approximate surface area is 133 Å². The Morgan fingerprint density at radius 2 is 1.50 bits per heavy atom. The van der Waals surface area contributed by atoms with E-state index in [0.717, 1.165) is 13.1 Å². The van der Waals surface area contributed by atoms with Gasteiger partial charge in [0.05, 0.1) is 13.1 Å². The van der Waals surface area contributed by atoms with Crippen LogP contribution in [0.3, 0.4) is 0 Å². The van der Waals surface area contributed by atoms with Crippen LogP contribution < -0.4 is 4.57 Å². The zero-order chi connectivity index (χ0) is 15.0. The van der Waals surface area contributed by atoms with Crippen LogP contribution in [0.2, 0.25) is 0 Å². The van der Waals surface area contributed by atoms with Crippen molar-refractivity contribution in [2.45, 2.75) is 92.2 Å². The van der Waals surface area contributed by atoms with Crippen LogP contribution in [0.25, 0.3) is 0 Å². The van der Waals surface area contributed by atoms with Gasteiger partial charge in [0.25, 0.3) is 0 Å². The van der Waals surface area contributed by atoms with Crippen LogP contribution in [0.15, 0.2) is 4.73 Å². The van der Waals surface area contributed by atoms with Gasteiger partial charge in [-0.15, -0.1) is 0 Å². The van der Waals surface area contributed by atoms with Gasteiger partial charge in [0.2, 0.25) is 0 Å². The predicted molar refractivity (Wildman–Crippen MR) is 90.1 cm³/mol. The summed E-state index contributed by atoms with van der Waals surface area (Å²) in [4.78, 5) is 0. The second kappa shape index (κ2) is 9.59. The number of aromatic nitrogens is 2. The summed E-state index contributed by atoms with van der Waals surface area (Å²) in [7, 11) is 0. The standard InChI is InChI=1S/C17H32BrN2/c1-5-7-9-11-13-19-15(3)16(4)20(17(19)18)14-12-10-8-6-2/h5-14H2,1-4H3/q+1. The van der Waals surface area contributed by atoms with E-state index >= 15 is 0 Å². The fourth-order valence-electron chi connectivity index (χ4n) is 2.73. The molecule has 0 saturated carbocycles. The van der Waals surface area contributed by atoms with Crippen molar-refractivity contribution in [1.29, 1.82) is 0 Å². The lowest BCUT2D eigenvalue weighted by Crippen LogP contribution is -2.37. The van der Waals surface area contributed by atoms with Gasteiger partial charge in [0, 0.05) is 29.8 Å². The molecule has 0 bridgehead atoms. The number of halogens is 1. The summed E-state index contributed by atoms with van der Waals surface area (Å²) in [6.45, 7) is 11.3. The van der Waals surface area contributed by atoms with Gasteiger partial charge in [-0.1, -0.05) is 39.5 Å². The third-order valence-corrected chi connectivity index (χ3v) is 5.11. The molecule has 0 aliphatic rings. The van der Waals surface area contributed by atoms with E-state index in [-0.39, 0.29) is 0 Å². The number of hydrogen-bond donors (Lipinski definition) is 0. The molecule has 0 radical (unpaired) electrons. The van der Waals surface area contributed by atoms with Crippen molar-refractivity contribution in [1.82, 2.24) is 4.57 Å². The van der Waals surface area contributed by atoms with Gasteiger partial charge in [0.15, 0.2) is 0 Å². The lowest BCUT2D eigenvalue weighted by Gasteiger charge is -2.01. The van der Waals surface area contributed by atoms with Crippen molar-refractivity contribution in [2.75, 3.05) is 0 Å². The number of imidazole rings is 1. The predicted octanol–water partition coefficient (Wildman–Crippen LogP) is 5.32. The third-order valence-electron chi connectivity index (χ3n) is 4.25. The zero-order valence-electron chi connectivity index (χ0n) is 13.8. The third kappa shape index (κ3) is 4.91. The van der Waals surface area contributed by atoms with Crippen molar-refractivity contribution in [3.8, 4) is 0 Å². The van der Waals surface area contributed by atoms with E-state index in [4.69, 9.17) is 0 Å². The van der Waals surface area contributed by atoms with Crippen LogP contribution >= 0.6 is 15.9 Å². The maximum absolute atomic E-state index is 3.82. The molecule has 0 atom stereocenters. The summed E-state index contributed by atoms with van der Waals surface area (Å²) in [5.74, 6) is 0. The summed E-state index contributed by atoms with van der Waals surface area (Å²) < 4.78 is 6.16. The monoisotopic (exact) mass is 343 g/mol. The summed E-state index contributed by atoms with van der Waals surface area (Å²) in [5.41, 5.74) is 2.84.